The first-order valence-electron chi connectivity index (χ1n) is 9.43. The first-order valence-corrected chi connectivity index (χ1v) is 9.81. The molecule has 2 aliphatic heterocycles. The highest BCUT2D eigenvalue weighted by Gasteiger charge is 2.50. The van der Waals surface area contributed by atoms with Crippen LogP contribution in [0.1, 0.15) is 47.5 Å². The monoisotopic (exact) mass is 361 g/mol. The number of piperidine rings is 1. The fraction of sp³-hybridized carbons (Fsp3) is 0.650. The third-order valence-corrected chi connectivity index (χ3v) is 6.80. The van der Waals surface area contributed by atoms with E-state index in [4.69, 9.17) is 11.6 Å². The summed E-state index contributed by atoms with van der Waals surface area (Å²) in [7, 11) is 3.51. The maximum atomic E-state index is 12.1. The summed E-state index contributed by atoms with van der Waals surface area (Å²) < 4.78 is 0. The number of hydrogen-bond acceptors (Lipinski definition) is 3. The number of hydrogen-bond donors (Lipinski definition) is 1. The second kappa shape index (κ2) is 6.57. The Bertz CT molecular complexity index is 655. The van der Waals surface area contributed by atoms with Crippen molar-refractivity contribution in [3.63, 3.8) is 0 Å². The van der Waals surface area contributed by atoms with Gasteiger partial charge in [-0.1, -0.05) is 17.7 Å². The third kappa shape index (κ3) is 3.20. The minimum atomic E-state index is -0.0317. The molecule has 0 bridgehead atoms. The van der Waals surface area contributed by atoms with Gasteiger partial charge in [0.25, 0.3) is 5.91 Å². The summed E-state index contributed by atoms with van der Waals surface area (Å²) in [4.78, 5) is 16.4. The number of carbonyl (C=O) groups is 1. The van der Waals surface area contributed by atoms with E-state index in [1.165, 1.54) is 57.4 Å². The quantitative estimate of drug-likeness (QED) is 0.899. The standard InChI is InChI=1S/C20H28ClN3O/c1-23(2)19(25)17-4-3-15(9-18(17)21)14-5-7-24(8-6-14)16-10-20(11-16)12-22-13-20/h3-4,9,14,16,22H,5-8,10-13H2,1-2H3. The van der Waals surface area contributed by atoms with Crippen LogP contribution in [-0.4, -0.2) is 62.0 Å². The van der Waals surface area contributed by atoms with Crippen LogP contribution in [0, 0.1) is 5.41 Å². The van der Waals surface area contributed by atoms with Gasteiger partial charge in [-0.05, 0) is 67.8 Å². The van der Waals surface area contributed by atoms with E-state index in [0.717, 1.165) is 6.04 Å². The molecule has 0 radical (unpaired) electrons. The van der Waals surface area contributed by atoms with Crippen LogP contribution in [0.15, 0.2) is 18.2 Å². The molecule has 2 saturated heterocycles. The Morgan fingerprint density at radius 1 is 1.24 bits per heavy atom. The maximum absolute atomic E-state index is 12.1. The van der Waals surface area contributed by atoms with Gasteiger partial charge in [-0.3, -0.25) is 4.79 Å². The molecule has 4 nitrogen and oxygen atoms in total. The predicted molar refractivity (Wildman–Crippen MR) is 101 cm³/mol. The Hall–Kier alpha value is -1.10. The van der Waals surface area contributed by atoms with Gasteiger partial charge in [0, 0.05) is 33.2 Å². The van der Waals surface area contributed by atoms with Crippen molar-refractivity contribution in [2.45, 2.75) is 37.6 Å². The lowest BCUT2D eigenvalue weighted by atomic mass is 9.61. The summed E-state index contributed by atoms with van der Waals surface area (Å²) in [6.45, 7) is 4.84. The number of halogens is 1. The van der Waals surface area contributed by atoms with Gasteiger partial charge in [0.1, 0.15) is 0 Å². The van der Waals surface area contributed by atoms with Crippen molar-refractivity contribution in [2.24, 2.45) is 5.41 Å². The van der Waals surface area contributed by atoms with Crippen LogP contribution in [0.4, 0.5) is 0 Å². The van der Waals surface area contributed by atoms with Crippen molar-refractivity contribution >= 4 is 17.5 Å². The Morgan fingerprint density at radius 3 is 2.44 bits per heavy atom. The molecular weight excluding hydrogens is 334 g/mol. The highest BCUT2D eigenvalue weighted by Crippen LogP contribution is 2.47. The minimum absolute atomic E-state index is 0.0317. The number of carbonyl (C=O) groups excluding carboxylic acids is 1. The van der Waals surface area contributed by atoms with E-state index in [9.17, 15) is 4.79 Å². The van der Waals surface area contributed by atoms with Gasteiger partial charge >= 0.3 is 0 Å². The lowest BCUT2D eigenvalue weighted by Crippen LogP contribution is -2.65. The second-order valence-electron chi connectivity index (χ2n) is 8.41. The average Bonchev–Trinajstić information content (AvgIpc) is 2.52. The van der Waals surface area contributed by atoms with Gasteiger partial charge in [-0.25, -0.2) is 0 Å². The number of benzene rings is 1. The van der Waals surface area contributed by atoms with Crippen molar-refractivity contribution in [3.05, 3.63) is 34.3 Å². The molecule has 1 aliphatic carbocycles. The molecular formula is C20H28ClN3O. The summed E-state index contributed by atoms with van der Waals surface area (Å²) in [6.07, 6.45) is 5.16. The van der Waals surface area contributed by atoms with Gasteiger partial charge in [0.2, 0.25) is 0 Å². The van der Waals surface area contributed by atoms with Crippen molar-refractivity contribution < 1.29 is 4.79 Å². The topological polar surface area (TPSA) is 35.6 Å². The highest BCUT2D eigenvalue weighted by molar-refractivity contribution is 6.33. The number of likely N-dealkylation sites (tertiary alicyclic amines) is 1. The summed E-state index contributed by atoms with van der Waals surface area (Å²) in [5, 5.41) is 4.00. The van der Waals surface area contributed by atoms with Crippen LogP contribution in [0.2, 0.25) is 5.02 Å². The lowest BCUT2D eigenvalue weighted by molar-refractivity contribution is -0.0432. The first kappa shape index (κ1) is 17.3. The molecule has 1 N–H and O–H groups in total. The van der Waals surface area contributed by atoms with E-state index in [0.29, 0.717) is 21.9 Å². The van der Waals surface area contributed by atoms with E-state index < -0.39 is 0 Å². The van der Waals surface area contributed by atoms with E-state index in [2.05, 4.69) is 16.3 Å². The van der Waals surface area contributed by atoms with Crippen LogP contribution in [0.25, 0.3) is 0 Å². The molecule has 0 unspecified atom stereocenters. The minimum Gasteiger partial charge on any atom is -0.345 e. The summed E-state index contributed by atoms with van der Waals surface area (Å²) >= 11 is 6.39. The molecule has 4 rings (SSSR count). The van der Waals surface area contributed by atoms with Crippen LogP contribution in [-0.2, 0) is 0 Å². The molecule has 0 atom stereocenters. The van der Waals surface area contributed by atoms with Crippen molar-refractivity contribution in [1.82, 2.24) is 15.1 Å². The second-order valence-corrected chi connectivity index (χ2v) is 8.82. The third-order valence-electron chi connectivity index (χ3n) is 6.48. The van der Waals surface area contributed by atoms with Crippen LogP contribution in [0.5, 0.6) is 0 Å². The highest BCUT2D eigenvalue weighted by atomic mass is 35.5. The molecule has 3 fully saturated rings. The van der Waals surface area contributed by atoms with Crippen LogP contribution >= 0.6 is 11.6 Å². The van der Waals surface area contributed by atoms with E-state index >= 15 is 0 Å². The Kier molecular flexibility index (Phi) is 4.55. The van der Waals surface area contributed by atoms with Crippen LogP contribution < -0.4 is 5.32 Å². The van der Waals surface area contributed by atoms with Crippen LogP contribution in [0.3, 0.4) is 0 Å². The molecule has 1 saturated carbocycles. The Labute approximate surface area is 155 Å². The van der Waals surface area contributed by atoms with Crippen molar-refractivity contribution in [3.8, 4) is 0 Å². The van der Waals surface area contributed by atoms with Gasteiger partial charge in [-0.15, -0.1) is 0 Å². The van der Waals surface area contributed by atoms with E-state index in [1.807, 2.05) is 12.1 Å². The number of nitrogens with zero attached hydrogens (tertiary/aromatic N) is 2. The SMILES string of the molecule is CN(C)C(=O)c1ccc(C2CCN(C3CC4(CNC4)C3)CC2)cc1Cl. The summed E-state index contributed by atoms with van der Waals surface area (Å²) in [6, 6.07) is 6.82. The molecule has 136 valence electrons. The molecule has 0 aromatic heterocycles. The fourth-order valence-corrected chi connectivity index (χ4v) is 5.03. The van der Waals surface area contributed by atoms with Gasteiger partial charge < -0.3 is 15.1 Å². The zero-order valence-corrected chi connectivity index (χ0v) is 16.0. The van der Waals surface area contributed by atoms with E-state index in [-0.39, 0.29) is 5.91 Å². The van der Waals surface area contributed by atoms with Crippen molar-refractivity contribution in [2.75, 3.05) is 40.3 Å². The summed E-state index contributed by atoms with van der Waals surface area (Å²) in [5.74, 6) is 0.535. The molecule has 1 aromatic carbocycles. The van der Waals surface area contributed by atoms with Crippen molar-refractivity contribution in [1.29, 1.82) is 0 Å². The molecule has 5 heteroatoms. The smallest absolute Gasteiger partial charge is 0.254 e. The first-order chi connectivity index (χ1) is 12.0. The fourth-order valence-electron chi connectivity index (χ4n) is 4.76. The maximum Gasteiger partial charge on any atom is 0.254 e. The molecule has 1 spiro atoms. The Balaban J connectivity index is 1.34. The zero-order valence-electron chi connectivity index (χ0n) is 15.2. The number of nitrogens with one attached hydrogen (secondary N) is 1. The average molecular weight is 362 g/mol. The number of amides is 1. The summed E-state index contributed by atoms with van der Waals surface area (Å²) in [5.41, 5.74) is 2.54. The predicted octanol–water partition coefficient (Wildman–Crippen LogP) is 2.97. The molecule has 3 aliphatic rings. The Morgan fingerprint density at radius 2 is 1.92 bits per heavy atom. The van der Waals surface area contributed by atoms with Gasteiger partial charge in [0.05, 0.1) is 10.6 Å². The lowest BCUT2D eigenvalue weighted by Gasteiger charge is -2.58. The molecule has 1 aromatic rings. The molecule has 25 heavy (non-hydrogen) atoms. The normalized spacial score (nSPS) is 24.0. The van der Waals surface area contributed by atoms with Gasteiger partial charge in [0.15, 0.2) is 0 Å². The largest absolute Gasteiger partial charge is 0.345 e. The van der Waals surface area contributed by atoms with Gasteiger partial charge in [-0.2, -0.15) is 0 Å². The zero-order chi connectivity index (χ0) is 17.6. The van der Waals surface area contributed by atoms with E-state index in [1.54, 1.807) is 19.0 Å². The molecule has 2 heterocycles. The number of rotatable bonds is 3. The molecule has 1 amide bonds.